The van der Waals surface area contributed by atoms with E-state index in [4.69, 9.17) is 21.7 Å². The third kappa shape index (κ3) is 5.64. The van der Waals surface area contributed by atoms with E-state index in [9.17, 15) is 4.79 Å². The molecule has 0 atom stereocenters. The average molecular weight is 453 g/mol. The Morgan fingerprint density at radius 1 is 1.19 bits per heavy atom. The highest BCUT2D eigenvalue weighted by molar-refractivity contribution is 7.80. The van der Waals surface area contributed by atoms with Crippen LogP contribution in [-0.4, -0.2) is 66.4 Å². The van der Waals surface area contributed by atoms with E-state index in [0.717, 1.165) is 55.2 Å². The van der Waals surface area contributed by atoms with E-state index in [1.54, 1.807) is 7.11 Å². The lowest BCUT2D eigenvalue weighted by Crippen LogP contribution is -2.44. The van der Waals surface area contributed by atoms with Crippen LogP contribution in [0.3, 0.4) is 0 Å². The number of ether oxygens (including phenoxy) is 2. The average Bonchev–Trinajstić information content (AvgIpc) is 2.83. The zero-order valence-electron chi connectivity index (χ0n) is 18.2. The molecule has 2 heterocycles. The highest BCUT2D eigenvalue weighted by Gasteiger charge is 2.17. The van der Waals surface area contributed by atoms with E-state index >= 15 is 0 Å². The van der Waals surface area contributed by atoms with Crippen LogP contribution in [0.25, 0.3) is 10.9 Å². The maximum absolute atomic E-state index is 12.8. The Morgan fingerprint density at radius 2 is 1.97 bits per heavy atom. The van der Waals surface area contributed by atoms with Gasteiger partial charge in [0, 0.05) is 48.3 Å². The van der Waals surface area contributed by atoms with Crippen molar-refractivity contribution in [2.75, 3.05) is 51.8 Å². The van der Waals surface area contributed by atoms with Gasteiger partial charge < -0.3 is 24.7 Å². The molecule has 1 aromatic heterocycles. The predicted molar refractivity (Wildman–Crippen MR) is 131 cm³/mol. The van der Waals surface area contributed by atoms with Crippen molar-refractivity contribution in [1.82, 2.24) is 14.8 Å². The van der Waals surface area contributed by atoms with E-state index in [1.807, 2.05) is 59.5 Å². The van der Waals surface area contributed by atoms with E-state index in [2.05, 4.69) is 15.2 Å². The van der Waals surface area contributed by atoms with E-state index in [-0.39, 0.29) is 5.56 Å². The van der Waals surface area contributed by atoms with Gasteiger partial charge in [-0.25, -0.2) is 0 Å². The quantitative estimate of drug-likeness (QED) is 0.534. The molecule has 0 spiro atoms. The molecule has 2 aromatic carbocycles. The Balaban J connectivity index is 1.56. The molecule has 4 rings (SSSR count). The van der Waals surface area contributed by atoms with Crippen LogP contribution in [-0.2, 0) is 11.3 Å². The first-order valence-electron chi connectivity index (χ1n) is 10.7. The molecule has 1 aliphatic heterocycles. The molecule has 1 saturated heterocycles. The first-order valence-corrected chi connectivity index (χ1v) is 11.1. The number of aromatic amines is 1. The summed E-state index contributed by atoms with van der Waals surface area (Å²) in [6.07, 6.45) is 0. The second-order valence-corrected chi connectivity index (χ2v) is 8.14. The molecule has 168 valence electrons. The van der Waals surface area contributed by atoms with Gasteiger partial charge in [0.05, 0.1) is 26.9 Å². The van der Waals surface area contributed by atoms with Crippen molar-refractivity contribution in [2.45, 2.75) is 6.54 Å². The van der Waals surface area contributed by atoms with E-state index in [0.29, 0.717) is 23.8 Å². The summed E-state index contributed by atoms with van der Waals surface area (Å²) in [6.45, 7) is 5.27. The molecule has 1 aliphatic rings. The normalized spacial score (nSPS) is 14.3. The Morgan fingerprint density at radius 3 is 2.72 bits per heavy atom. The second-order valence-electron chi connectivity index (χ2n) is 7.75. The third-order valence-electron chi connectivity index (χ3n) is 5.59. The monoisotopic (exact) mass is 452 g/mol. The number of hydrogen-bond donors (Lipinski definition) is 2. The van der Waals surface area contributed by atoms with Gasteiger partial charge in [0.1, 0.15) is 5.75 Å². The van der Waals surface area contributed by atoms with Gasteiger partial charge in [0.25, 0.3) is 5.56 Å². The minimum Gasteiger partial charge on any atom is -0.497 e. The summed E-state index contributed by atoms with van der Waals surface area (Å²) >= 11 is 5.74. The number of para-hydroxylation sites is 1. The van der Waals surface area contributed by atoms with Crippen molar-refractivity contribution in [3.8, 4) is 5.75 Å². The number of nitrogens with zero attached hydrogens (tertiary/aromatic N) is 2. The van der Waals surface area contributed by atoms with Gasteiger partial charge in [-0.15, -0.1) is 0 Å². The number of methoxy groups -OCH3 is 1. The molecule has 0 amide bonds. The molecule has 32 heavy (non-hydrogen) atoms. The minimum absolute atomic E-state index is 0.110. The van der Waals surface area contributed by atoms with Crippen LogP contribution in [0.15, 0.2) is 59.4 Å². The molecule has 2 N–H and O–H groups in total. The predicted octanol–water partition coefficient (Wildman–Crippen LogP) is 3.07. The Bertz CT molecular complexity index is 1110. The van der Waals surface area contributed by atoms with Crippen molar-refractivity contribution in [3.63, 3.8) is 0 Å². The van der Waals surface area contributed by atoms with Gasteiger partial charge >= 0.3 is 0 Å². The number of hydrogen-bond acceptors (Lipinski definition) is 5. The molecule has 0 radical (unpaired) electrons. The van der Waals surface area contributed by atoms with Crippen molar-refractivity contribution in [1.29, 1.82) is 0 Å². The van der Waals surface area contributed by atoms with Crippen LogP contribution in [0, 0.1) is 0 Å². The molecular weight excluding hydrogens is 424 g/mol. The number of pyridine rings is 1. The van der Waals surface area contributed by atoms with E-state index < -0.39 is 0 Å². The summed E-state index contributed by atoms with van der Waals surface area (Å²) in [5.41, 5.74) is 2.25. The Kier molecular flexibility index (Phi) is 7.36. The SMILES string of the molecule is COc1ccc2[nH]c(=O)c(CN(CCN3CCOCC3)C(=S)Nc3ccccc3)cc2c1. The van der Waals surface area contributed by atoms with Crippen LogP contribution in [0.5, 0.6) is 5.75 Å². The lowest BCUT2D eigenvalue weighted by atomic mass is 10.1. The largest absolute Gasteiger partial charge is 0.497 e. The van der Waals surface area contributed by atoms with Crippen molar-refractivity contribution in [3.05, 3.63) is 70.5 Å². The molecule has 0 bridgehead atoms. The van der Waals surface area contributed by atoms with E-state index in [1.165, 1.54) is 0 Å². The molecular formula is C24H28N4O3S. The van der Waals surface area contributed by atoms with Crippen LogP contribution in [0.4, 0.5) is 5.69 Å². The summed E-state index contributed by atoms with van der Waals surface area (Å²) in [6, 6.07) is 17.4. The lowest BCUT2D eigenvalue weighted by Gasteiger charge is -2.31. The van der Waals surface area contributed by atoms with Crippen LogP contribution in [0.2, 0.25) is 0 Å². The fraction of sp³-hybridized carbons (Fsp3) is 0.333. The number of H-pyrrole nitrogens is 1. The number of aromatic nitrogens is 1. The van der Waals surface area contributed by atoms with Gasteiger partial charge in [0.15, 0.2) is 5.11 Å². The van der Waals surface area contributed by atoms with Gasteiger partial charge in [-0.2, -0.15) is 0 Å². The number of benzene rings is 2. The zero-order chi connectivity index (χ0) is 22.3. The molecule has 1 fully saturated rings. The fourth-order valence-electron chi connectivity index (χ4n) is 3.74. The Hall–Kier alpha value is -2.94. The van der Waals surface area contributed by atoms with Crippen LogP contribution in [0.1, 0.15) is 5.56 Å². The first kappa shape index (κ1) is 22.3. The maximum atomic E-state index is 12.8. The van der Waals surface area contributed by atoms with Crippen molar-refractivity contribution < 1.29 is 9.47 Å². The van der Waals surface area contributed by atoms with Gasteiger partial charge in [-0.05, 0) is 48.6 Å². The number of nitrogens with one attached hydrogen (secondary N) is 2. The highest BCUT2D eigenvalue weighted by atomic mass is 32.1. The summed E-state index contributed by atoms with van der Waals surface area (Å²) in [4.78, 5) is 20.2. The topological polar surface area (TPSA) is 69.8 Å². The molecule has 8 heteroatoms. The van der Waals surface area contributed by atoms with Gasteiger partial charge in [-0.1, -0.05) is 18.2 Å². The summed E-state index contributed by atoms with van der Waals surface area (Å²) in [7, 11) is 1.63. The van der Waals surface area contributed by atoms with Gasteiger partial charge in [-0.3, -0.25) is 9.69 Å². The Labute approximate surface area is 192 Å². The van der Waals surface area contributed by atoms with Gasteiger partial charge in [0.2, 0.25) is 0 Å². The zero-order valence-corrected chi connectivity index (χ0v) is 19.0. The standard InChI is InChI=1S/C24H28N4O3S/c1-30-21-7-8-22-18(16-21)15-19(23(29)26-22)17-28(10-9-27-11-13-31-14-12-27)24(32)25-20-5-3-2-4-6-20/h2-8,15-16H,9-14,17H2,1H3,(H,25,32)(H,26,29). The molecule has 0 saturated carbocycles. The smallest absolute Gasteiger partial charge is 0.253 e. The number of thiocarbonyl (C=S) groups is 1. The summed E-state index contributed by atoms with van der Waals surface area (Å²) in [5.74, 6) is 0.751. The molecule has 7 nitrogen and oxygen atoms in total. The second kappa shape index (κ2) is 10.6. The number of morpholine rings is 1. The number of rotatable bonds is 7. The maximum Gasteiger partial charge on any atom is 0.253 e. The highest BCUT2D eigenvalue weighted by Crippen LogP contribution is 2.19. The number of fused-ring (bicyclic) bond motifs is 1. The van der Waals surface area contributed by atoms with Crippen molar-refractivity contribution in [2.24, 2.45) is 0 Å². The fourth-order valence-corrected chi connectivity index (χ4v) is 4.02. The first-order chi connectivity index (χ1) is 15.6. The summed E-state index contributed by atoms with van der Waals surface area (Å²) < 4.78 is 10.8. The molecule has 3 aromatic rings. The van der Waals surface area contributed by atoms with Crippen LogP contribution < -0.4 is 15.6 Å². The third-order valence-corrected chi connectivity index (χ3v) is 5.95. The lowest BCUT2D eigenvalue weighted by molar-refractivity contribution is 0.0358. The molecule has 0 aliphatic carbocycles. The van der Waals surface area contributed by atoms with Crippen molar-refractivity contribution >= 4 is 33.9 Å². The van der Waals surface area contributed by atoms with Crippen LogP contribution >= 0.6 is 12.2 Å². The molecule has 0 unspecified atom stereocenters. The minimum atomic E-state index is -0.110. The number of anilines is 1. The summed E-state index contributed by atoms with van der Waals surface area (Å²) in [5, 5.41) is 4.82.